The molecule has 1 atom stereocenters. The zero-order chi connectivity index (χ0) is 8.69. The molecular formula is C9H19N2Y-. The fourth-order valence-corrected chi connectivity index (χ4v) is 0.868. The van der Waals surface area contributed by atoms with E-state index in [1.807, 2.05) is 13.8 Å². The van der Waals surface area contributed by atoms with Crippen molar-refractivity contribution in [3.8, 4) is 0 Å². The van der Waals surface area contributed by atoms with Crippen molar-refractivity contribution in [2.24, 2.45) is 10.9 Å². The van der Waals surface area contributed by atoms with Crippen molar-refractivity contribution >= 4 is 5.84 Å². The first-order chi connectivity index (χ1) is 5.26. The van der Waals surface area contributed by atoms with Gasteiger partial charge < -0.3 is 10.3 Å². The van der Waals surface area contributed by atoms with Crippen LogP contribution in [0.4, 0.5) is 0 Å². The average Bonchev–Trinajstić information content (AvgIpc) is 2.03. The van der Waals surface area contributed by atoms with E-state index in [2.05, 4.69) is 24.2 Å². The smallest absolute Gasteiger partial charge is 0 e. The van der Waals surface area contributed by atoms with Crippen molar-refractivity contribution in [3.05, 3.63) is 5.32 Å². The Hall–Kier alpha value is 0.574. The molecule has 1 unspecified atom stereocenters. The molecule has 0 aromatic rings. The standard InChI is InChI=1S/C9H19N2.Y/c1-5-8(4)9(10-6-2)11-7-3;/h8H,5-7H2,1-4H3;/q-1;. The monoisotopic (exact) mass is 244 g/mol. The van der Waals surface area contributed by atoms with E-state index in [4.69, 9.17) is 0 Å². The summed E-state index contributed by atoms with van der Waals surface area (Å²) in [5.41, 5.74) is 0. The number of hydrogen-bond acceptors (Lipinski definition) is 1. The second kappa shape index (κ2) is 9.66. The molecule has 12 heavy (non-hydrogen) atoms. The minimum atomic E-state index is 0. The van der Waals surface area contributed by atoms with Crippen LogP contribution in [-0.4, -0.2) is 18.9 Å². The van der Waals surface area contributed by atoms with E-state index in [0.717, 1.165) is 25.3 Å². The van der Waals surface area contributed by atoms with Gasteiger partial charge in [-0.2, -0.15) is 0 Å². The Balaban J connectivity index is 0. The van der Waals surface area contributed by atoms with Crippen LogP contribution in [-0.2, 0) is 32.7 Å². The first-order valence-corrected chi connectivity index (χ1v) is 4.48. The molecule has 0 saturated heterocycles. The van der Waals surface area contributed by atoms with Gasteiger partial charge in [0.2, 0.25) is 0 Å². The van der Waals surface area contributed by atoms with Crippen LogP contribution in [0.2, 0.25) is 0 Å². The molecule has 0 aliphatic carbocycles. The van der Waals surface area contributed by atoms with E-state index in [-0.39, 0.29) is 32.7 Å². The molecule has 0 fully saturated rings. The maximum absolute atomic E-state index is 4.33. The summed E-state index contributed by atoms with van der Waals surface area (Å²) in [4.78, 5) is 4.33. The molecule has 3 heteroatoms. The molecule has 0 saturated carbocycles. The van der Waals surface area contributed by atoms with E-state index >= 15 is 0 Å². The molecule has 1 radical (unpaired) electrons. The summed E-state index contributed by atoms with van der Waals surface area (Å²) in [5, 5.41) is 4.33. The SMILES string of the molecule is CCN=C([N-]CC)C(C)CC.[Y]. The van der Waals surface area contributed by atoms with Crippen molar-refractivity contribution in [3.63, 3.8) is 0 Å². The Labute approximate surface area is 101 Å². The predicted octanol–water partition coefficient (Wildman–Crippen LogP) is 2.84. The first kappa shape index (κ1) is 15.1. The van der Waals surface area contributed by atoms with E-state index in [9.17, 15) is 0 Å². The van der Waals surface area contributed by atoms with Crippen LogP contribution < -0.4 is 0 Å². The molecule has 0 N–H and O–H groups in total. The molecule has 69 valence electrons. The predicted molar refractivity (Wildman–Crippen MR) is 51.3 cm³/mol. The van der Waals surface area contributed by atoms with E-state index in [1.54, 1.807) is 0 Å². The van der Waals surface area contributed by atoms with Crippen LogP contribution in [0.15, 0.2) is 4.99 Å². The molecule has 0 heterocycles. The van der Waals surface area contributed by atoms with Gasteiger partial charge in [-0.05, 0) is 5.92 Å². The molecule has 2 nitrogen and oxygen atoms in total. The van der Waals surface area contributed by atoms with Crippen LogP contribution in [0.25, 0.3) is 5.32 Å². The normalized spacial score (nSPS) is 13.5. The average molecular weight is 244 g/mol. The molecule has 0 rings (SSSR count). The third-order valence-corrected chi connectivity index (χ3v) is 1.69. The van der Waals surface area contributed by atoms with Crippen molar-refractivity contribution in [1.82, 2.24) is 0 Å². The molecule has 0 aromatic heterocycles. The number of amidine groups is 1. The fraction of sp³-hybridized carbons (Fsp3) is 0.889. The Bertz CT molecular complexity index is 124. The van der Waals surface area contributed by atoms with Gasteiger partial charge in [0.1, 0.15) is 0 Å². The Kier molecular flexibility index (Phi) is 12.1. The molecule has 0 spiro atoms. The Morgan fingerprint density at radius 3 is 2.25 bits per heavy atom. The second-order valence-corrected chi connectivity index (χ2v) is 2.62. The summed E-state index contributed by atoms with van der Waals surface area (Å²) in [6, 6.07) is 0. The van der Waals surface area contributed by atoms with Crippen molar-refractivity contribution < 1.29 is 32.7 Å². The molecular weight excluding hydrogens is 225 g/mol. The summed E-state index contributed by atoms with van der Waals surface area (Å²) < 4.78 is 0. The van der Waals surface area contributed by atoms with Gasteiger partial charge in [-0.25, -0.2) is 0 Å². The maximum Gasteiger partial charge on any atom is 0 e. The largest absolute Gasteiger partial charge is 0.469 e. The number of hydrogen-bond donors (Lipinski definition) is 0. The maximum atomic E-state index is 4.33. The van der Waals surface area contributed by atoms with E-state index < -0.39 is 0 Å². The number of nitrogens with zero attached hydrogens (tertiary/aromatic N) is 2. The topological polar surface area (TPSA) is 26.5 Å². The summed E-state index contributed by atoms with van der Waals surface area (Å²) in [7, 11) is 0. The van der Waals surface area contributed by atoms with Crippen molar-refractivity contribution in [2.75, 3.05) is 13.1 Å². The van der Waals surface area contributed by atoms with Gasteiger partial charge in [0.25, 0.3) is 0 Å². The molecule has 0 aromatic carbocycles. The Morgan fingerprint density at radius 1 is 1.33 bits per heavy atom. The van der Waals surface area contributed by atoms with Gasteiger partial charge in [0, 0.05) is 32.7 Å². The van der Waals surface area contributed by atoms with Gasteiger partial charge in [-0.3, -0.25) is 0 Å². The number of aliphatic imine (C=N–C) groups is 1. The van der Waals surface area contributed by atoms with Crippen LogP contribution in [0.3, 0.4) is 0 Å². The third-order valence-electron chi connectivity index (χ3n) is 1.69. The molecule has 0 aliphatic rings. The van der Waals surface area contributed by atoms with Crippen LogP contribution in [0, 0.1) is 5.92 Å². The zero-order valence-electron chi connectivity index (χ0n) is 8.67. The van der Waals surface area contributed by atoms with Crippen molar-refractivity contribution in [2.45, 2.75) is 34.1 Å². The Morgan fingerprint density at radius 2 is 1.92 bits per heavy atom. The zero-order valence-corrected chi connectivity index (χ0v) is 11.5. The number of rotatable bonds is 4. The summed E-state index contributed by atoms with van der Waals surface area (Å²) in [6.07, 6.45) is 1.13. The second-order valence-electron chi connectivity index (χ2n) is 2.62. The first-order valence-electron chi connectivity index (χ1n) is 4.48. The van der Waals surface area contributed by atoms with Gasteiger partial charge in [0.05, 0.1) is 0 Å². The van der Waals surface area contributed by atoms with Crippen LogP contribution in [0.1, 0.15) is 34.1 Å². The third kappa shape index (κ3) is 6.13. The van der Waals surface area contributed by atoms with Gasteiger partial charge in [0.15, 0.2) is 0 Å². The van der Waals surface area contributed by atoms with Gasteiger partial charge >= 0.3 is 0 Å². The molecule has 0 bridgehead atoms. The van der Waals surface area contributed by atoms with Crippen molar-refractivity contribution in [1.29, 1.82) is 0 Å². The molecule has 0 amide bonds. The summed E-state index contributed by atoms with van der Waals surface area (Å²) >= 11 is 0. The van der Waals surface area contributed by atoms with Gasteiger partial charge in [-0.1, -0.05) is 53.0 Å². The quantitative estimate of drug-likeness (QED) is 0.537. The summed E-state index contributed by atoms with van der Waals surface area (Å²) in [6.45, 7) is 10.1. The van der Waals surface area contributed by atoms with E-state index in [0.29, 0.717) is 5.92 Å². The fourth-order valence-electron chi connectivity index (χ4n) is 0.868. The molecule has 0 aliphatic heterocycles. The minimum Gasteiger partial charge on any atom is -0.469 e. The van der Waals surface area contributed by atoms with Crippen LogP contribution >= 0.6 is 0 Å². The van der Waals surface area contributed by atoms with Crippen LogP contribution in [0.5, 0.6) is 0 Å². The summed E-state index contributed by atoms with van der Waals surface area (Å²) in [5.74, 6) is 1.56. The van der Waals surface area contributed by atoms with E-state index in [1.165, 1.54) is 0 Å². The minimum absolute atomic E-state index is 0. The van der Waals surface area contributed by atoms with Gasteiger partial charge in [-0.15, -0.1) is 0 Å².